The number of hydrogen-bond acceptors (Lipinski definition) is 0. The summed E-state index contributed by atoms with van der Waals surface area (Å²) in [5, 5.41) is 5.02. The fraction of sp³-hybridized carbons (Fsp3) is 0.0175. The van der Waals surface area contributed by atoms with Crippen molar-refractivity contribution in [1.82, 2.24) is 0 Å². The summed E-state index contributed by atoms with van der Waals surface area (Å²) in [7, 11) is 0. The molecule has 0 heterocycles. The Labute approximate surface area is 334 Å². The third kappa shape index (κ3) is 5.45. The second-order valence-electron chi connectivity index (χ2n) is 15.2. The van der Waals surface area contributed by atoms with Gasteiger partial charge >= 0.3 is 0 Å². The van der Waals surface area contributed by atoms with Crippen LogP contribution in [0.4, 0.5) is 0 Å². The van der Waals surface area contributed by atoms with E-state index in [4.69, 9.17) is 0 Å². The molecule has 0 saturated heterocycles. The van der Waals surface area contributed by atoms with Crippen molar-refractivity contribution in [2.45, 2.75) is 5.41 Å². The SMILES string of the molecule is c1ccc(-c2ccc(C3(c4ccc(-c5ccccc5)cc4)c4ccccc4-c4ccc(-c5ccc6cc(-c7cccc8ccccc78)ccc6c5)cc43)cc2)cc1. The minimum absolute atomic E-state index is 0.517. The zero-order chi connectivity index (χ0) is 37.8. The van der Waals surface area contributed by atoms with E-state index < -0.39 is 5.41 Å². The lowest BCUT2D eigenvalue weighted by molar-refractivity contribution is 0.769. The van der Waals surface area contributed by atoms with Crippen LogP contribution in [0.3, 0.4) is 0 Å². The highest BCUT2D eigenvalue weighted by Gasteiger charge is 2.46. The third-order valence-electron chi connectivity index (χ3n) is 12.2. The first kappa shape index (κ1) is 33.1. The van der Waals surface area contributed by atoms with Gasteiger partial charge in [-0.25, -0.2) is 0 Å². The van der Waals surface area contributed by atoms with Crippen LogP contribution in [0.1, 0.15) is 22.3 Å². The Bertz CT molecular complexity index is 2990. The van der Waals surface area contributed by atoms with Gasteiger partial charge in [0.25, 0.3) is 0 Å². The molecule has 10 aromatic rings. The molecule has 0 nitrogen and oxygen atoms in total. The Balaban J connectivity index is 1.07. The molecule has 0 atom stereocenters. The summed E-state index contributed by atoms with van der Waals surface area (Å²) in [6, 6.07) is 85.2. The molecule has 0 radical (unpaired) electrons. The Kier molecular flexibility index (Phi) is 7.83. The summed E-state index contributed by atoms with van der Waals surface area (Å²) in [6.07, 6.45) is 0. The lowest BCUT2D eigenvalue weighted by Gasteiger charge is -2.34. The molecule has 0 N–H and O–H groups in total. The molecule has 0 bridgehead atoms. The predicted octanol–water partition coefficient (Wildman–Crippen LogP) is 15.0. The van der Waals surface area contributed by atoms with E-state index in [1.807, 2.05) is 0 Å². The van der Waals surface area contributed by atoms with Crippen molar-refractivity contribution < 1.29 is 0 Å². The molecular weight excluding hydrogens is 685 g/mol. The molecule has 11 rings (SSSR count). The first-order valence-electron chi connectivity index (χ1n) is 19.8. The zero-order valence-electron chi connectivity index (χ0n) is 31.4. The van der Waals surface area contributed by atoms with Crippen molar-refractivity contribution in [1.29, 1.82) is 0 Å². The van der Waals surface area contributed by atoms with Crippen molar-refractivity contribution in [2.75, 3.05) is 0 Å². The fourth-order valence-electron chi connectivity index (χ4n) is 9.40. The first-order chi connectivity index (χ1) is 28.2. The quantitative estimate of drug-likeness (QED) is 0.160. The maximum Gasteiger partial charge on any atom is 0.0713 e. The fourth-order valence-corrected chi connectivity index (χ4v) is 9.40. The van der Waals surface area contributed by atoms with Crippen LogP contribution in [0.25, 0.3) is 77.2 Å². The minimum atomic E-state index is -0.517. The standard InChI is InChI=1S/C57H38/c1-3-12-39(13-4-1)41-26-31-49(32-27-41)57(50-33-28-42(29-34-50)40-14-5-2-6-15-40)55-21-10-9-19-53(55)54-35-30-47(38-56(54)57)45-22-23-46-37-48(25-24-44(46)36-45)52-20-11-17-43-16-7-8-18-51(43)52/h1-38H. The van der Waals surface area contributed by atoms with Crippen LogP contribution in [0.2, 0.25) is 0 Å². The van der Waals surface area contributed by atoms with Crippen LogP contribution >= 0.6 is 0 Å². The molecule has 0 aromatic heterocycles. The van der Waals surface area contributed by atoms with E-state index in [9.17, 15) is 0 Å². The number of benzene rings is 10. The largest absolute Gasteiger partial charge is 0.0713 e. The van der Waals surface area contributed by atoms with Gasteiger partial charge in [-0.2, -0.15) is 0 Å². The highest BCUT2D eigenvalue weighted by Crippen LogP contribution is 2.57. The van der Waals surface area contributed by atoms with Gasteiger partial charge in [-0.3, -0.25) is 0 Å². The number of rotatable bonds is 6. The van der Waals surface area contributed by atoms with Gasteiger partial charge in [0.15, 0.2) is 0 Å². The lowest BCUT2D eigenvalue weighted by Crippen LogP contribution is -2.28. The summed E-state index contributed by atoms with van der Waals surface area (Å²) in [6.45, 7) is 0. The molecule has 0 amide bonds. The van der Waals surface area contributed by atoms with Gasteiger partial charge in [0.1, 0.15) is 0 Å². The average molecular weight is 723 g/mol. The average Bonchev–Trinajstić information content (AvgIpc) is 3.59. The van der Waals surface area contributed by atoms with E-state index in [1.165, 1.54) is 99.4 Å². The van der Waals surface area contributed by atoms with E-state index in [0.717, 1.165) is 0 Å². The lowest BCUT2D eigenvalue weighted by atomic mass is 9.67. The Hall–Kier alpha value is -7.28. The van der Waals surface area contributed by atoms with Crippen LogP contribution < -0.4 is 0 Å². The van der Waals surface area contributed by atoms with Gasteiger partial charge in [0.2, 0.25) is 0 Å². The normalized spacial score (nSPS) is 12.7. The molecule has 1 aliphatic rings. The van der Waals surface area contributed by atoms with E-state index in [0.29, 0.717) is 0 Å². The topological polar surface area (TPSA) is 0 Å². The van der Waals surface area contributed by atoms with Gasteiger partial charge in [-0.1, -0.05) is 212 Å². The monoisotopic (exact) mass is 722 g/mol. The van der Waals surface area contributed by atoms with Crippen molar-refractivity contribution in [2.24, 2.45) is 0 Å². The summed E-state index contributed by atoms with van der Waals surface area (Å²) in [4.78, 5) is 0. The first-order valence-corrected chi connectivity index (χ1v) is 19.8. The Morgan fingerprint density at radius 3 is 1.37 bits per heavy atom. The zero-order valence-corrected chi connectivity index (χ0v) is 31.4. The summed E-state index contributed by atoms with van der Waals surface area (Å²) in [5.74, 6) is 0. The molecule has 0 aliphatic heterocycles. The van der Waals surface area contributed by atoms with E-state index in [1.54, 1.807) is 0 Å². The number of fused-ring (bicyclic) bond motifs is 5. The molecule has 0 heteroatoms. The number of hydrogen-bond donors (Lipinski definition) is 0. The molecule has 0 unspecified atom stereocenters. The molecule has 266 valence electrons. The summed E-state index contributed by atoms with van der Waals surface area (Å²) in [5.41, 5.74) is 17.0. The van der Waals surface area contributed by atoms with Crippen molar-refractivity contribution >= 4 is 21.5 Å². The third-order valence-corrected chi connectivity index (χ3v) is 12.2. The van der Waals surface area contributed by atoms with Gasteiger partial charge < -0.3 is 0 Å². The summed E-state index contributed by atoms with van der Waals surface area (Å²) >= 11 is 0. The van der Waals surface area contributed by atoms with E-state index in [-0.39, 0.29) is 0 Å². The van der Waals surface area contributed by atoms with Gasteiger partial charge in [0.05, 0.1) is 5.41 Å². The second-order valence-corrected chi connectivity index (χ2v) is 15.2. The van der Waals surface area contributed by atoms with Crippen molar-refractivity contribution in [3.05, 3.63) is 253 Å². The molecule has 10 aromatic carbocycles. The van der Waals surface area contributed by atoms with E-state index >= 15 is 0 Å². The maximum atomic E-state index is 2.47. The van der Waals surface area contributed by atoms with Crippen LogP contribution in [0.15, 0.2) is 231 Å². The minimum Gasteiger partial charge on any atom is -0.0622 e. The van der Waals surface area contributed by atoms with Crippen molar-refractivity contribution in [3.8, 4) is 55.6 Å². The van der Waals surface area contributed by atoms with Gasteiger partial charge in [-0.15, -0.1) is 0 Å². The maximum absolute atomic E-state index is 2.47. The molecule has 0 fully saturated rings. The molecular formula is C57H38. The smallest absolute Gasteiger partial charge is 0.0622 e. The molecule has 1 aliphatic carbocycles. The van der Waals surface area contributed by atoms with Crippen molar-refractivity contribution in [3.63, 3.8) is 0 Å². The van der Waals surface area contributed by atoms with Crippen LogP contribution in [-0.4, -0.2) is 0 Å². The summed E-state index contributed by atoms with van der Waals surface area (Å²) < 4.78 is 0. The van der Waals surface area contributed by atoms with E-state index in [2.05, 4.69) is 231 Å². The van der Waals surface area contributed by atoms with Crippen LogP contribution in [0.5, 0.6) is 0 Å². The second kappa shape index (κ2) is 13.5. The van der Waals surface area contributed by atoms with Crippen LogP contribution in [0, 0.1) is 0 Å². The Morgan fingerprint density at radius 1 is 0.228 bits per heavy atom. The molecule has 57 heavy (non-hydrogen) atoms. The highest BCUT2D eigenvalue weighted by molar-refractivity contribution is 6.00. The van der Waals surface area contributed by atoms with Gasteiger partial charge in [0, 0.05) is 0 Å². The predicted molar refractivity (Wildman–Crippen MR) is 241 cm³/mol. The Morgan fingerprint density at radius 2 is 0.684 bits per heavy atom. The van der Waals surface area contributed by atoms with Crippen LogP contribution in [-0.2, 0) is 5.41 Å². The van der Waals surface area contributed by atoms with Gasteiger partial charge in [-0.05, 0) is 118 Å². The molecule has 0 saturated carbocycles. The highest BCUT2D eigenvalue weighted by atomic mass is 14.5. The molecule has 0 spiro atoms.